The molecule has 0 amide bonds. The van der Waals surface area contributed by atoms with Crippen molar-refractivity contribution in [1.82, 2.24) is 15.0 Å². The molecular formula is C17H18ClN3OS. The van der Waals surface area contributed by atoms with Gasteiger partial charge in [0.2, 0.25) is 0 Å². The highest BCUT2D eigenvalue weighted by Gasteiger charge is 2.21. The number of pyridine rings is 1. The third-order valence-electron chi connectivity index (χ3n) is 4.41. The molecule has 1 saturated carbocycles. The lowest BCUT2D eigenvalue weighted by molar-refractivity contribution is 0.446. The van der Waals surface area contributed by atoms with Crippen molar-refractivity contribution < 1.29 is 0 Å². The summed E-state index contributed by atoms with van der Waals surface area (Å²) in [4.78, 5) is 24.2. The third-order valence-corrected chi connectivity index (χ3v) is 5.39. The van der Waals surface area contributed by atoms with E-state index in [1.807, 2.05) is 18.2 Å². The maximum atomic E-state index is 12.4. The van der Waals surface area contributed by atoms with Crippen molar-refractivity contribution in [2.45, 2.75) is 38.0 Å². The van der Waals surface area contributed by atoms with E-state index in [1.165, 1.54) is 49.0 Å². The molecule has 1 aliphatic carbocycles. The van der Waals surface area contributed by atoms with Gasteiger partial charge in [-0.1, -0.05) is 25.3 Å². The zero-order valence-electron chi connectivity index (χ0n) is 12.6. The van der Waals surface area contributed by atoms with Crippen molar-refractivity contribution in [2.75, 3.05) is 0 Å². The van der Waals surface area contributed by atoms with Crippen molar-refractivity contribution in [1.29, 1.82) is 0 Å². The van der Waals surface area contributed by atoms with Crippen LogP contribution in [0.4, 0.5) is 0 Å². The van der Waals surface area contributed by atoms with Gasteiger partial charge in [0.05, 0.1) is 5.52 Å². The summed E-state index contributed by atoms with van der Waals surface area (Å²) >= 11 is 1.51. The number of aromatic amines is 1. The molecule has 4 rings (SSSR count). The van der Waals surface area contributed by atoms with Gasteiger partial charge in [-0.05, 0) is 41.8 Å². The minimum atomic E-state index is -0.0577. The number of rotatable bonds is 2. The Morgan fingerprint density at radius 3 is 2.74 bits per heavy atom. The number of hydrogen-bond acceptors (Lipinski definition) is 4. The monoisotopic (exact) mass is 347 g/mol. The molecule has 1 N–H and O–H groups in total. The van der Waals surface area contributed by atoms with Crippen LogP contribution in [0, 0.1) is 0 Å². The number of aromatic nitrogens is 3. The lowest BCUT2D eigenvalue weighted by Gasteiger charge is -2.20. The Kier molecular flexibility index (Phi) is 4.78. The molecule has 3 aromatic heterocycles. The van der Waals surface area contributed by atoms with Gasteiger partial charge in [-0.2, -0.15) is 0 Å². The van der Waals surface area contributed by atoms with Crippen molar-refractivity contribution in [3.63, 3.8) is 0 Å². The Morgan fingerprint density at radius 2 is 2.00 bits per heavy atom. The molecule has 3 heterocycles. The van der Waals surface area contributed by atoms with Crippen LogP contribution in [-0.4, -0.2) is 15.0 Å². The lowest BCUT2D eigenvalue weighted by Crippen LogP contribution is -2.10. The van der Waals surface area contributed by atoms with E-state index in [0.29, 0.717) is 17.4 Å². The molecule has 0 atom stereocenters. The fourth-order valence-electron chi connectivity index (χ4n) is 3.27. The predicted octanol–water partition coefficient (Wildman–Crippen LogP) is 4.52. The zero-order chi connectivity index (χ0) is 14.9. The highest BCUT2D eigenvalue weighted by molar-refractivity contribution is 7.17. The SMILES string of the molecule is Cl.O=c1[nH]c(-c2ccccn2)nc2c(C3CCCCC3)csc12. The van der Waals surface area contributed by atoms with Crippen molar-refractivity contribution in [3.05, 3.63) is 45.7 Å². The van der Waals surface area contributed by atoms with E-state index in [2.05, 4.69) is 15.3 Å². The average Bonchev–Trinajstić information content (AvgIpc) is 3.01. The summed E-state index contributed by atoms with van der Waals surface area (Å²) in [6.07, 6.45) is 8.01. The van der Waals surface area contributed by atoms with Gasteiger partial charge in [0.25, 0.3) is 5.56 Å². The average molecular weight is 348 g/mol. The standard InChI is InChI=1S/C17H17N3OS.ClH/c21-17-15-14(12(10-22-15)11-6-2-1-3-7-11)19-16(20-17)13-8-4-5-9-18-13;/h4-5,8-11H,1-3,6-7H2,(H,19,20,21);1H. The first-order valence-electron chi connectivity index (χ1n) is 7.76. The van der Waals surface area contributed by atoms with Gasteiger partial charge in [-0.25, -0.2) is 4.98 Å². The molecule has 120 valence electrons. The maximum absolute atomic E-state index is 12.4. The Balaban J connectivity index is 0.00000156. The quantitative estimate of drug-likeness (QED) is 0.741. The number of nitrogens with zero attached hydrogens (tertiary/aromatic N) is 2. The molecule has 6 heteroatoms. The van der Waals surface area contributed by atoms with Gasteiger partial charge in [0, 0.05) is 6.20 Å². The van der Waals surface area contributed by atoms with Gasteiger partial charge in [-0.15, -0.1) is 23.7 Å². The van der Waals surface area contributed by atoms with Crippen LogP contribution in [0.3, 0.4) is 0 Å². The number of H-pyrrole nitrogens is 1. The summed E-state index contributed by atoms with van der Waals surface area (Å²) in [5.74, 6) is 1.11. The van der Waals surface area contributed by atoms with Gasteiger partial charge in [-0.3, -0.25) is 9.78 Å². The minimum absolute atomic E-state index is 0. The summed E-state index contributed by atoms with van der Waals surface area (Å²) in [6, 6.07) is 5.64. The predicted molar refractivity (Wildman–Crippen MR) is 96.5 cm³/mol. The van der Waals surface area contributed by atoms with Gasteiger partial charge >= 0.3 is 0 Å². The highest BCUT2D eigenvalue weighted by atomic mass is 35.5. The number of nitrogens with one attached hydrogen (secondary N) is 1. The molecule has 0 spiro atoms. The number of fused-ring (bicyclic) bond motifs is 1. The molecule has 0 radical (unpaired) electrons. The second kappa shape index (κ2) is 6.81. The lowest BCUT2D eigenvalue weighted by atomic mass is 9.85. The molecule has 0 aromatic carbocycles. The van der Waals surface area contributed by atoms with E-state index >= 15 is 0 Å². The molecule has 1 fully saturated rings. The summed E-state index contributed by atoms with van der Waals surface area (Å²) < 4.78 is 0.736. The second-order valence-electron chi connectivity index (χ2n) is 5.83. The van der Waals surface area contributed by atoms with Crippen molar-refractivity contribution in [2.24, 2.45) is 0 Å². The summed E-state index contributed by atoms with van der Waals surface area (Å²) in [7, 11) is 0. The molecule has 23 heavy (non-hydrogen) atoms. The molecule has 0 unspecified atom stereocenters. The van der Waals surface area contributed by atoms with Crippen LogP contribution >= 0.6 is 23.7 Å². The zero-order valence-corrected chi connectivity index (χ0v) is 14.3. The van der Waals surface area contributed by atoms with Gasteiger partial charge in [0.1, 0.15) is 10.4 Å². The van der Waals surface area contributed by atoms with E-state index in [9.17, 15) is 4.79 Å². The molecule has 0 bridgehead atoms. The third kappa shape index (κ3) is 3.03. The van der Waals surface area contributed by atoms with Crippen molar-refractivity contribution >= 4 is 34.0 Å². The molecule has 3 aromatic rings. The maximum Gasteiger partial charge on any atom is 0.269 e. The van der Waals surface area contributed by atoms with Crippen LogP contribution in [0.25, 0.3) is 21.7 Å². The van der Waals surface area contributed by atoms with Crippen LogP contribution in [0.1, 0.15) is 43.6 Å². The number of hydrogen-bond donors (Lipinski definition) is 1. The summed E-state index contributed by atoms with van der Waals surface area (Å²) in [5, 5.41) is 2.13. The number of thiophene rings is 1. The number of halogens is 1. The topological polar surface area (TPSA) is 58.6 Å². The highest BCUT2D eigenvalue weighted by Crippen LogP contribution is 2.37. The van der Waals surface area contributed by atoms with Crippen LogP contribution in [0.5, 0.6) is 0 Å². The summed E-state index contributed by atoms with van der Waals surface area (Å²) in [5.41, 5.74) is 2.78. The molecule has 4 nitrogen and oxygen atoms in total. The largest absolute Gasteiger partial charge is 0.304 e. The van der Waals surface area contributed by atoms with E-state index in [1.54, 1.807) is 6.20 Å². The first kappa shape index (κ1) is 16.1. The van der Waals surface area contributed by atoms with E-state index in [0.717, 1.165) is 10.2 Å². The van der Waals surface area contributed by atoms with Crippen LogP contribution in [0.15, 0.2) is 34.6 Å². The Labute approximate surface area is 144 Å². The first-order valence-corrected chi connectivity index (χ1v) is 8.64. The smallest absolute Gasteiger partial charge is 0.269 e. The molecule has 0 saturated heterocycles. The first-order chi connectivity index (χ1) is 10.8. The van der Waals surface area contributed by atoms with E-state index in [4.69, 9.17) is 4.98 Å². The molecule has 1 aliphatic rings. The second-order valence-corrected chi connectivity index (χ2v) is 6.71. The van der Waals surface area contributed by atoms with Crippen molar-refractivity contribution in [3.8, 4) is 11.5 Å². The minimum Gasteiger partial charge on any atom is -0.304 e. The normalized spacial score (nSPS) is 15.5. The Morgan fingerprint density at radius 1 is 1.17 bits per heavy atom. The molecule has 0 aliphatic heterocycles. The van der Waals surface area contributed by atoms with Gasteiger partial charge in [0.15, 0.2) is 5.82 Å². The van der Waals surface area contributed by atoms with E-state index in [-0.39, 0.29) is 18.0 Å². The van der Waals surface area contributed by atoms with Crippen LogP contribution in [0.2, 0.25) is 0 Å². The van der Waals surface area contributed by atoms with Crippen LogP contribution in [-0.2, 0) is 0 Å². The van der Waals surface area contributed by atoms with Gasteiger partial charge < -0.3 is 4.98 Å². The Bertz CT molecular complexity index is 853. The fourth-order valence-corrected chi connectivity index (χ4v) is 4.25. The van der Waals surface area contributed by atoms with E-state index < -0.39 is 0 Å². The Hall–Kier alpha value is -1.72. The molecular weight excluding hydrogens is 330 g/mol. The van der Waals surface area contributed by atoms with Crippen LogP contribution < -0.4 is 5.56 Å². The fraction of sp³-hybridized carbons (Fsp3) is 0.353. The summed E-state index contributed by atoms with van der Waals surface area (Å²) in [6.45, 7) is 0.